The fourth-order valence-corrected chi connectivity index (χ4v) is 1.39. The molecule has 0 spiro atoms. The third-order valence-corrected chi connectivity index (χ3v) is 2.19. The Morgan fingerprint density at radius 1 is 1.57 bits per heavy atom. The number of hydrogen-bond donors (Lipinski definition) is 2. The highest BCUT2D eigenvalue weighted by atomic mass is 16.3. The molecule has 0 aliphatic heterocycles. The molecule has 0 aliphatic rings. The number of pyridine rings is 1. The highest BCUT2D eigenvalue weighted by molar-refractivity contribution is 5.48. The molecule has 4 heteroatoms. The van der Waals surface area contributed by atoms with Crippen LogP contribution in [0.1, 0.15) is 17.4 Å². The van der Waals surface area contributed by atoms with Gasteiger partial charge < -0.3 is 10.8 Å². The van der Waals surface area contributed by atoms with E-state index in [1.54, 1.807) is 4.52 Å². The van der Waals surface area contributed by atoms with Crippen molar-refractivity contribution in [3.05, 3.63) is 35.7 Å². The third kappa shape index (κ3) is 1.49. The number of aryl methyl sites for hydroxylation is 1. The lowest BCUT2D eigenvalue weighted by atomic mass is 10.2. The van der Waals surface area contributed by atoms with Crippen molar-refractivity contribution < 1.29 is 5.11 Å². The van der Waals surface area contributed by atoms with Crippen molar-refractivity contribution in [1.29, 1.82) is 0 Å². The number of fused-ring (bicyclic) bond motifs is 1. The van der Waals surface area contributed by atoms with Gasteiger partial charge in [0.1, 0.15) is 6.10 Å². The van der Waals surface area contributed by atoms with Gasteiger partial charge in [-0.3, -0.25) is 0 Å². The van der Waals surface area contributed by atoms with Gasteiger partial charge in [-0.25, -0.2) is 4.52 Å². The van der Waals surface area contributed by atoms with E-state index in [0.29, 0.717) is 5.69 Å². The van der Waals surface area contributed by atoms with Gasteiger partial charge in [0.05, 0.1) is 11.2 Å². The van der Waals surface area contributed by atoms with Gasteiger partial charge in [-0.05, 0) is 24.6 Å². The van der Waals surface area contributed by atoms with E-state index in [4.69, 9.17) is 5.73 Å². The zero-order chi connectivity index (χ0) is 10.1. The maximum absolute atomic E-state index is 9.50. The van der Waals surface area contributed by atoms with Crippen LogP contribution in [0.2, 0.25) is 0 Å². The zero-order valence-corrected chi connectivity index (χ0v) is 8.01. The van der Waals surface area contributed by atoms with Crippen LogP contribution in [0.3, 0.4) is 0 Å². The van der Waals surface area contributed by atoms with Gasteiger partial charge in [0.2, 0.25) is 0 Å². The normalized spacial score (nSPS) is 13.4. The van der Waals surface area contributed by atoms with E-state index >= 15 is 0 Å². The molecule has 14 heavy (non-hydrogen) atoms. The summed E-state index contributed by atoms with van der Waals surface area (Å²) >= 11 is 0. The van der Waals surface area contributed by atoms with Crippen LogP contribution >= 0.6 is 0 Å². The molecule has 0 radical (unpaired) electrons. The van der Waals surface area contributed by atoms with Crippen LogP contribution in [0.25, 0.3) is 5.52 Å². The predicted molar refractivity (Wildman–Crippen MR) is 53.9 cm³/mol. The fraction of sp³-hybridized carbons (Fsp3) is 0.300. The van der Waals surface area contributed by atoms with Crippen molar-refractivity contribution in [2.75, 3.05) is 6.54 Å². The van der Waals surface area contributed by atoms with E-state index in [1.165, 1.54) is 0 Å². The number of hydrogen-bond acceptors (Lipinski definition) is 3. The molecule has 0 amide bonds. The van der Waals surface area contributed by atoms with Gasteiger partial charge >= 0.3 is 0 Å². The van der Waals surface area contributed by atoms with Crippen LogP contribution in [-0.2, 0) is 0 Å². The second-order valence-corrected chi connectivity index (χ2v) is 3.40. The van der Waals surface area contributed by atoms with Crippen molar-refractivity contribution in [3.8, 4) is 0 Å². The Kier molecular flexibility index (Phi) is 2.23. The lowest BCUT2D eigenvalue weighted by molar-refractivity contribution is 0.181. The molecule has 74 valence electrons. The molecule has 2 aromatic heterocycles. The Balaban J connectivity index is 2.51. The summed E-state index contributed by atoms with van der Waals surface area (Å²) in [5, 5.41) is 13.7. The molecule has 1 atom stereocenters. The molecule has 1 unspecified atom stereocenters. The molecular formula is C10H13N3O. The summed E-state index contributed by atoms with van der Waals surface area (Å²) in [6.07, 6.45) is 1.25. The van der Waals surface area contributed by atoms with Gasteiger partial charge in [0.25, 0.3) is 0 Å². The van der Waals surface area contributed by atoms with E-state index in [0.717, 1.165) is 11.1 Å². The molecule has 3 N–H and O–H groups in total. The van der Waals surface area contributed by atoms with Gasteiger partial charge in [-0.15, -0.1) is 0 Å². The summed E-state index contributed by atoms with van der Waals surface area (Å²) in [6, 6.07) is 5.82. The molecule has 0 aromatic carbocycles. The average molecular weight is 191 g/mol. The molecule has 0 saturated heterocycles. The van der Waals surface area contributed by atoms with Gasteiger partial charge in [0.15, 0.2) is 0 Å². The minimum atomic E-state index is -0.671. The van der Waals surface area contributed by atoms with E-state index in [1.807, 2.05) is 31.3 Å². The van der Waals surface area contributed by atoms with Crippen molar-refractivity contribution in [1.82, 2.24) is 9.61 Å². The molecule has 2 aromatic rings. The van der Waals surface area contributed by atoms with Crippen LogP contribution in [-0.4, -0.2) is 21.3 Å². The molecule has 2 heterocycles. The number of aliphatic hydroxyl groups is 1. The quantitative estimate of drug-likeness (QED) is 0.732. The first-order valence-corrected chi connectivity index (χ1v) is 4.55. The van der Waals surface area contributed by atoms with E-state index < -0.39 is 6.10 Å². The SMILES string of the molecule is Cc1ccc2cc(C(O)CN)nn2c1. The first-order valence-electron chi connectivity index (χ1n) is 4.55. The molecule has 0 fully saturated rings. The number of aromatic nitrogens is 2. The zero-order valence-electron chi connectivity index (χ0n) is 8.01. The molecule has 0 aliphatic carbocycles. The van der Waals surface area contributed by atoms with Crippen molar-refractivity contribution in [2.45, 2.75) is 13.0 Å². The van der Waals surface area contributed by atoms with E-state index in [2.05, 4.69) is 5.10 Å². The van der Waals surface area contributed by atoms with Crippen LogP contribution in [0.4, 0.5) is 0 Å². The Hall–Kier alpha value is -1.39. The first-order chi connectivity index (χ1) is 6.70. The number of nitrogens with zero attached hydrogens (tertiary/aromatic N) is 2. The highest BCUT2D eigenvalue weighted by Crippen LogP contribution is 2.13. The standard InChI is InChI=1S/C10H13N3O/c1-7-2-3-8-4-9(10(14)5-11)12-13(8)6-7/h2-4,6,10,14H,5,11H2,1H3. The molecule has 0 bridgehead atoms. The molecule has 4 nitrogen and oxygen atoms in total. The molecular weight excluding hydrogens is 178 g/mol. The summed E-state index contributed by atoms with van der Waals surface area (Å²) in [6.45, 7) is 2.20. The summed E-state index contributed by atoms with van der Waals surface area (Å²) < 4.78 is 1.75. The monoisotopic (exact) mass is 191 g/mol. The number of nitrogens with two attached hydrogens (primary N) is 1. The number of rotatable bonds is 2. The summed E-state index contributed by atoms with van der Waals surface area (Å²) in [4.78, 5) is 0. The summed E-state index contributed by atoms with van der Waals surface area (Å²) in [5.41, 5.74) is 8.08. The first kappa shape index (κ1) is 9.18. The Labute approximate surface area is 82.0 Å². The second-order valence-electron chi connectivity index (χ2n) is 3.40. The van der Waals surface area contributed by atoms with Crippen molar-refractivity contribution in [2.24, 2.45) is 5.73 Å². The molecule has 0 saturated carbocycles. The van der Waals surface area contributed by atoms with Gasteiger partial charge in [-0.2, -0.15) is 5.10 Å². The Morgan fingerprint density at radius 3 is 3.07 bits per heavy atom. The van der Waals surface area contributed by atoms with E-state index in [-0.39, 0.29) is 6.54 Å². The Morgan fingerprint density at radius 2 is 2.36 bits per heavy atom. The van der Waals surface area contributed by atoms with Crippen LogP contribution in [0.5, 0.6) is 0 Å². The van der Waals surface area contributed by atoms with Crippen molar-refractivity contribution >= 4 is 5.52 Å². The fourth-order valence-electron chi connectivity index (χ4n) is 1.39. The second kappa shape index (κ2) is 3.40. The van der Waals surface area contributed by atoms with E-state index in [9.17, 15) is 5.11 Å². The smallest absolute Gasteiger partial charge is 0.110 e. The molecule has 2 rings (SSSR count). The highest BCUT2D eigenvalue weighted by Gasteiger charge is 2.09. The average Bonchev–Trinajstić information content (AvgIpc) is 2.59. The van der Waals surface area contributed by atoms with Gasteiger partial charge in [-0.1, -0.05) is 6.07 Å². The maximum atomic E-state index is 9.50. The van der Waals surface area contributed by atoms with Crippen LogP contribution in [0.15, 0.2) is 24.4 Å². The van der Waals surface area contributed by atoms with Gasteiger partial charge in [0, 0.05) is 12.7 Å². The maximum Gasteiger partial charge on any atom is 0.110 e. The van der Waals surface area contributed by atoms with Crippen LogP contribution < -0.4 is 5.73 Å². The summed E-state index contributed by atoms with van der Waals surface area (Å²) in [7, 11) is 0. The Bertz CT molecular complexity index is 450. The summed E-state index contributed by atoms with van der Waals surface area (Å²) in [5.74, 6) is 0. The predicted octanol–water partition coefficient (Wildman–Crippen LogP) is 0.635. The lowest BCUT2D eigenvalue weighted by Crippen LogP contribution is -2.11. The largest absolute Gasteiger partial charge is 0.385 e. The number of aliphatic hydroxyl groups excluding tert-OH is 1. The lowest BCUT2D eigenvalue weighted by Gasteiger charge is -2.00. The minimum absolute atomic E-state index is 0.197. The third-order valence-electron chi connectivity index (χ3n) is 2.19. The minimum Gasteiger partial charge on any atom is -0.385 e. The topological polar surface area (TPSA) is 63.5 Å². The van der Waals surface area contributed by atoms with Crippen molar-refractivity contribution in [3.63, 3.8) is 0 Å². The van der Waals surface area contributed by atoms with Crippen LogP contribution in [0, 0.1) is 6.92 Å².